The fourth-order valence-electron chi connectivity index (χ4n) is 5.26. The molecule has 5 rings (SSSR count). The van der Waals surface area contributed by atoms with E-state index in [-0.39, 0.29) is 28.9 Å². The average Bonchev–Trinajstić information content (AvgIpc) is 3.40. The third-order valence-electron chi connectivity index (χ3n) is 7.16. The summed E-state index contributed by atoms with van der Waals surface area (Å²) in [6.45, 7) is 3.23. The molecule has 1 aliphatic carbocycles. The molecule has 0 unspecified atom stereocenters. The lowest BCUT2D eigenvalue weighted by Gasteiger charge is -2.21. The van der Waals surface area contributed by atoms with Gasteiger partial charge in [0.05, 0.1) is 29.8 Å². The van der Waals surface area contributed by atoms with Crippen LogP contribution in [-0.4, -0.2) is 63.5 Å². The van der Waals surface area contributed by atoms with Crippen molar-refractivity contribution >= 4 is 22.8 Å². The van der Waals surface area contributed by atoms with Crippen LogP contribution in [-0.2, 0) is 11.8 Å². The van der Waals surface area contributed by atoms with E-state index in [4.69, 9.17) is 10.5 Å². The van der Waals surface area contributed by atoms with Crippen molar-refractivity contribution < 1.29 is 13.9 Å². The van der Waals surface area contributed by atoms with E-state index in [1.807, 2.05) is 36.9 Å². The number of nitrogens with zero attached hydrogens (tertiary/aromatic N) is 5. The van der Waals surface area contributed by atoms with E-state index in [2.05, 4.69) is 32.1 Å². The summed E-state index contributed by atoms with van der Waals surface area (Å²) >= 11 is 0. The molecule has 3 aromatic rings. The fourth-order valence-corrected chi connectivity index (χ4v) is 5.26. The van der Waals surface area contributed by atoms with Gasteiger partial charge in [-0.1, -0.05) is 12.0 Å². The second kappa shape index (κ2) is 9.90. The molecule has 0 bridgehead atoms. The number of carbonyl (C=O) groups excluding carboxylic acids is 1. The van der Waals surface area contributed by atoms with Crippen LogP contribution < -0.4 is 11.1 Å². The third-order valence-corrected chi connectivity index (χ3v) is 7.16. The zero-order valence-electron chi connectivity index (χ0n) is 21.6. The molecular weight excluding hydrogens is 473 g/mol. The number of allylic oxidation sites excluding steroid dienone is 1. The van der Waals surface area contributed by atoms with Crippen LogP contribution in [0.1, 0.15) is 65.6 Å². The maximum atomic E-state index is 15.4. The SMILES string of the molecule is CC=CN1C[C@@H](n2nc(C#Cc3ccc4c(nc(C5CC5)n4C)c3F)c(C(N)=O)c2NC)C[C@@H]1COC. The molecule has 9 nitrogen and oxygen atoms in total. The summed E-state index contributed by atoms with van der Waals surface area (Å²) in [5, 5.41) is 7.75. The first-order valence-corrected chi connectivity index (χ1v) is 12.5. The molecular formula is C27H32FN7O2. The van der Waals surface area contributed by atoms with Gasteiger partial charge in [0.1, 0.15) is 22.7 Å². The second-order valence-corrected chi connectivity index (χ2v) is 9.66. The maximum absolute atomic E-state index is 15.4. The van der Waals surface area contributed by atoms with Crippen molar-refractivity contribution in [1.82, 2.24) is 24.2 Å². The number of likely N-dealkylation sites (tertiary alicyclic amines) is 1. The number of carbonyl (C=O) groups is 1. The van der Waals surface area contributed by atoms with Crippen LogP contribution in [0.15, 0.2) is 24.4 Å². The number of amides is 1. The van der Waals surface area contributed by atoms with Gasteiger partial charge in [0.2, 0.25) is 0 Å². The molecule has 2 atom stereocenters. The minimum Gasteiger partial charge on any atom is -0.383 e. The molecule has 2 fully saturated rings. The number of rotatable bonds is 7. The van der Waals surface area contributed by atoms with Gasteiger partial charge in [-0.05, 0) is 50.4 Å². The lowest BCUT2D eigenvalue weighted by molar-refractivity contribution is 0.100. The minimum atomic E-state index is -0.647. The van der Waals surface area contributed by atoms with Gasteiger partial charge >= 0.3 is 0 Å². The number of halogens is 1. The lowest BCUT2D eigenvalue weighted by Crippen LogP contribution is -2.28. The molecule has 10 heteroatoms. The molecule has 194 valence electrons. The van der Waals surface area contributed by atoms with Crippen LogP contribution in [0.2, 0.25) is 0 Å². The molecule has 0 radical (unpaired) electrons. The number of hydrogen-bond acceptors (Lipinski definition) is 6. The number of ether oxygens (including phenoxy) is 1. The van der Waals surface area contributed by atoms with Crippen LogP contribution >= 0.6 is 0 Å². The molecule has 3 heterocycles. The van der Waals surface area contributed by atoms with Gasteiger partial charge in [-0.25, -0.2) is 14.1 Å². The third kappa shape index (κ3) is 4.44. The van der Waals surface area contributed by atoms with Crippen molar-refractivity contribution in [2.75, 3.05) is 32.6 Å². The zero-order valence-corrected chi connectivity index (χ0v) is 21.6. The molecule has 1 amide bonds. The summed E-state index contributed by atoms with van der Waals surface area (Å²) in [4.78, 5) is 19.2. The number of primary amides is 1. The van der Waals surface area contributed by atoms with Gasteiger partial charge in [-0.2, -0.15) is 5.10 Å². The van der Waals surface area contributed by atoms with E-state index >= 15 is 4.39 Å². The molecule has 1 aliphatic heterocycles. The van der Waals surface area contributed by atoms with E-state index in [1.165, 1.54) is 0 Å². The molecule has 1 saturated carbocycles. The number of aromatic nitrogens is 4. The Balaban J connectivity index is 1.53. The highest BCUT2D eigenvalue weighted by Gasteiger charge is 2.35. The van der Waals surface area contributed by atoms with Gasteiger partial charge in [0, 0.05) is 33.7 Å². The summed E-state index contributed by atoms with van der Waals surface area (Å²) in [5.41, 5.74) is 7.40. The number of hydrogen-bond donors (Lipinski definition) is 2. The quantitative estimate of drug-likeness (QED) is 0.479. The first kappa shape index (κ1) is 24.8. The Kier molecular flexibility index (Phi) is 6.65. The van der Waals surface area contributed by atoms with Gasteiger partial charge in [0.15, 0.2) is 11.5 Å². The van der Waals surface area contributed by atoms with E-state index in [1.54, 1.807) is 24.9 Å². The predicted molar refractivity (Wildman–Crippen MR) is 140 cm³/mol. The smallest absolute Gasteiger partial charge is 0.255 e. The van der Waals surface area contributed by atoms with Gasteiger partial charge in [0.25, 0.3) is 5.91 Å². The average molecular weight is 506 g/mol. The molecule has 2 aliphatic rings. The largest absolute Gasteiger partial charge is 0.383 e. The first-order chi connectivity index (χ1) is 17.9. The fraction of sp³-hybridized carbons (Fsp3) is 0.444. The molecule has 1 saturated heterocycles. The van der Waals surface area contributed by atoms with Crippen LogP contribution in [0.4, 0.5) is 10.2 Å². The summed E-state index contributed by atoms with van der Waals surface area (Å²) in [5.74, 6) is 6.47. The number of aryl methyl sites for hydroxylation is 1. The van der Waals surface area contributed by atoms with Crippen molar-refractivity contribution in [3.8, 4) is 11.8 Å². The highest BCUT2D eigenvalue weighted by molar-refractivity contribution is 6.00. The normalized spacial score (nSPS) is 19.5. The molecule has 2 aromatic heterocycles. The molecule has 1 aromatic carbocycles. The summed E-state index contributed by atoms with van der Waals surface area (Å²) in [7, 11) is 5.31. The number of fused-ring (bicyclic) bond motifs is 1. The maximum Gasteiger partial charge on any atom is 0.255 e. The van der Waals surface area contributed by atoms with Crippen LogP contribution in [0, 0.1) is 17.7 Å². The predicted octanol–water partition coefficient (Wildman–Crippen LogP) is 3.12. The minimum absolute atomic E-state index is 0.0325. The first-order valence-electron chi connectivity index (χ1n) is 12.5. The Morgan fingerprint density at radius 1 is 1.35 bits per heavy atom. The van der Waals surface area contributed by atoms with E-state index in [9.17, 15) is 4.79 Å². The number of nitrogens with one attached hydrogen (secondary N) is 1. The van der Waals surface area contributed by atoms with Crippen molar-refractivity contribution in [1.29, 1.82) is 0 Å². The number of nitrogens with two attached hydrogens (primary N) is 1. The Hall–Kier alpha value is -3.84. The van der Waals surface area contributed by atoms with Crippen molar-refractivity contribution in [3.05, 3.63) is 52.9 Å². The van der Waals surface area contributed by atoms with Crippen LogP contribution in [0.3, 0.4) is 0 Å². The van der Waals surface area contributed by atoms with Gasteiger partial charge in [-0.3, -0.25) is 4.79 Å². The van der Waals surface area contributed by atoms with E-state index < -0.39 is 11.7 Å². The zero-order chi connectivity index (χ0) is 26.3. The van der Waals surface area contributed by atoms with Crippen molar-refractivity contribution in [2.45, 2.75) is 44.2 Å². The van der Waals surface area contributed by atoms with Crippen molar-refractivity contribution in [3.63, 3.8) is 0 Å². The van der Waals surface area contributed by atoms with Crippen LogP contribution in [0.25, 0.3) is 11.0 Å². The van der Waals surface area contributed by atoms with Crippen LogP contribution in [0.5, 0.6) is 0 Å². The number of benzene rings is 1. The van der Waals surface area contributed by atoms with Crippen molar-refractivity contribution in [2.24, 2.45) is 12.8 Å². The van der Waals surface area contributed by atoms with E-state index in [0.717, 1.165) is 30.6 Å². The molecule has 0 spiro atoms. The Labute approximate surface area is 215 Å². The summed E-state index contributed by atoms with van der Waals surface area (Å²) in [6, 6.07) is 3.61. The van der Waals surface area contributed by atoms with Gasteiger partial charge in [-0.15, -0.1) is 0 Å². The molecule has 37 heavy (non-hydrogen) atoms. The molecule has 3 N–H and O–H groups in total. The van der Waals surface area contributed by atoms with E-state index in [0.29, 0.717) is 30.4 Å². The van der Waals surface area contributed by atoms with Gasteiger partial charge < -0.3 is 25.3 Å². The summed E-state index contributed by atoms with van der Waals surface area (Å²) in [6.07, 6.45) is 6.95. The lowest BCUT2D eigenvalue weighted by atomic mass is 10.1. The Bertz CT molecular complexity index is 1440. The second-order valence-electron chi connectivity index (χ2n) is 9.66. The monoisotopic (exact) mass is 505 g/mol. The topological polar surface area (TPSA) is 103 Å². The number of methoxy groups -OCH3 is 1. The number of imidazole rings is 1. The Morgan fingerprint density at radius 2 is 2.14 bits per heavy atom. The standard InChI is InChI=1S/C27H32FN7O2/c1-5-12-34-14-18(13-19(34)15-37-4)35-27(30-2)22(25(29)36)20(32-35)10-8-16-9-11-21-24(23(16)28)31-26(33(21)3)17-6-7-17/h5,9,11-12,17-19,30H,6-7,13-15H2,1-4H3,(H2,29,36)/t18-,19+/m0/s1. The number of anilines is 1. The summed E-state index contributed by atoms with van der Waals surface area (Å²) < 4.78 is 24.5. The Morgan fingerprint density at radius 3 is 2.78 bits per heavy atom. The highest BCUT2D eigenvalue weighted by Crippen LogP contribution is 2.40. The highest BCUT2D eigenvalue weighted by atomic mass is 19.1.